The highest BCUT2D eigenvalue weighted by atomic mass is 32.2. The van der Waals surface area contributed by atoms with E-state index in [2.05, 4.69) is 9.88 Å². The van der Waals surface area contributed by atoms with Crippen molar-refractivity contribution in [2.45, 2.75) is 18.6 Å². The molecule has 2 aromatic rings. The number of nitrogens with one attached hydrogen (secondary N) is 1. The number of carbonyl (C=O) groups excluding carboxylic acids is 1. The summed E-state index contributed by atoms with van der Waals surface area (Å²) in [5.74, 6) is 2.13. The van der Waals surface area contributed by atoms with Gasteiger partial charge in [-0.3, -0.25) is 4.79 Å². The van der Waals surface area contributed by atoms with E-state index in [1.807, 2.05) is 36.3 Å². The Morgan fingerprint density at radius 2 is 2.12 bits per heavy atom. The minimum absolute atomic E-state index is 0.0324. The molecule has 0 unspecified atom stereocenters. The zero-order valence-electron chi connectivity index (χ0n) is 14.5. The molecule has 1 aliphatic rings. The molecular formula is C18H24N2O3S2. The largest absolute Gasteiger partial charge is 0.382 e. The first-order chi connectivity index (χ1) is 12.3. The van der Waals surface area contributed by atoms with E-state index in [-0.39, 0.29) is 5.91 Å². The average Bonchev–Trinajstić information content (AvgIpc) is 3.28. The van der Waals surface area contributed by atoms with Gasteiger partial charge in [0, 0.05) is 43.3 Å². The maximum absolute atomic E-state index is 12.8. The molecule has 0 atom stereocenters. The van der Waals surface area contributed by atoms with Crippen LogP contribution in [0.4, 0.5) is 0 Å². The fourth-order valence-electron chi connectivity index (χ4n) is 2.81. The third-order valence-corrected chi connectivity index (χ3v) is 6.46. The van der Waals surface area contributed by atoms with Crippen LogP contribution in [0.15, 0.2) is 24.5 Å². The Balaban J connectivity index is 1.64. The number of hydrogen-bond donors (Lipinski definition) is 1. The molecule has 0 saturated heterocycles. The maximum Gasteiger partial charge on any atom is 0.254 e. The minimum atomic E-state index is 0.0324. The van der Waals surface area contributed by atoms with E-state index in [9.17, 15) is 4.79 Å². The number of thioether (sulfide) groups is 1. The molecule has 0 radical (unpaired) electrons. The van der Waals surface area contributed by atoms with Gasteiger partial charge in [0.15, 0.2) is 0 Å². The summed E-state index contributed by atoms with van der Waals surface area (Å²) in [5, 5.41) is 4.10. The second kappa shape index (κ2) is 9.43. The summed E-state index contributed by atoms with van der Waals surface area (Å²) in [7, 11) is 1.66. The van der Waals surface area contributed by atoms with Crippen LogP contribution in [0.5, 0.6) is 0 Å². The molecule has 136 valence electrons. The molecule has 0 aromatic carbocycles. The second-order valence-corrected chi connectivity index (χ2v) is 7.98. The van der Waals surface area contributed by atoms with Gasteiger partial charge in [-0.2, -0.15) is 11.8 Å². The molecule has 0 spiro atoms. The Kier molecular flexibility index (Phi) is 6.98. The molecule has 3 rings (SSSR count). The predicted octanol–water partition coefficient (Wildman–Crippen LogP) is 3.11. The van der Waals surface area contributed by atoms with Crippen LogP contribution in [0.25, 0.3) is 5.00 Å². The SMILES string of the molecule is COCCOCCCNC(=O)c1c(-n2cccc2)sc2c1CCSC2. The van der Waals surface area contributed by atoms with Crippen LogP contribution in [0.3, 0.4) is 0 Å². The number of aromatic nitrogens is 1. The van der Waals surface area contributed by atoms with Crippen molar-refractivity contribution in [1.29, 1.82) is 0 Å². The second-order valence-electron chi connectivity index (χ2n) is 5.79. The summed E-state index contributed by atoms with van der Waals surface area (Å²) in [6.45, 7) is 2.45. The van der Waals surface area contributed by atoms with Gasteiger partial charge in [-0.25, -0.2) is 0 Å². The standard InChI is InChI=1S/C18H24N2O3S2/c1-22-10-11-23-9-4-6-19-17(21)16-14-5-12-24-13-15(14)25-18(16)20-7-2-3-8-20/h2-3,7-8H,4-6,9-13H2,1H3,(H,19,21). The highest BCUT2D eigenvalue weighted by Gasteiger charge is 2.26. The third-order valence-electron chi connectivity index (χ3n) is 4.05. The average molecular weight is 381 g/mol. The summed E-state index contributed by atoms with van der Waals surface area (Å²) in [4.78, 5) is 14.2. The number of thiophene rings is 1. The lowest BCUT2D eigenvalue weighted by Gasteiger charge is -2.13. The molecule has 5 nitrogen and oxygen atoms in total. The van der Waals surface area contributed by atoms with E-state index in [1.54, 1.807) is 18.4 Å². The van der Waals surface area contributed by atoms with Crippen LogP contribution < -0.4 is 5.32 Å². The van der Waals surface area contributed by atoms with Gasteiger partial charge in [-0.1, -0.05) is 0 Å². The first kappa shape index (κ1) is 18.5. The predicted molar refractivity (Wildman–Crippen MR) is 103 cm³/mol. The van der Waals surface area contributed by atoms with Gasteiger partial charge in [-0.15, -0.1) is 11.3 Å². The third kappa shape index (κ3) is 4.67. The van der Waals surface area contributed by atoms with Crippen LogP contribution in [0, 0.1) is 0 Å². The Bertz CT molecular complexity index is 683. The molecule has 0 fully saturated rings. The number of carbonyl (C=O) groups is 1. The van der Waals surface area contributed by atoms with E-state index >= 15 is 0 Å². The lowest BCUT2D eigenvalue weighted by atomic mass is 10.1. The normalized spacial score (nSPS) is 13.6. The van der Waals surface area contributed by atoms with Gasteiger partial charge in [0.1, 0.15) is 5.00 Å². The molecule has 0 aliphatic carbocycles. The summed E-state index contributed by atoms with van der Waals surface area (Å²) in [5.41, 5.74) is 2.10. The number of rotatable bonds is 9. The first-order valence-electron chi connectivity index (χ1n) is 8.51. The Labute approximate surface area is 156 Å². The van der Waals surface area contributed by atoms with Gasteiger partial charge in [0.2, 0.25) is 0 Å². The van der Waals surface area contributed by atoms with Gasteiger partial charge >= 0.3 is 0 Å². The maximum atomic E-state index is 12.8. The van der Waals surface area contributed by atoms with Crippen molar-refractivity contribution < 1.29 is 14.3 Å². The molecule has 0 bridgehead atoms. The van der Waals surface area contributed by atoms with Crippen LogP contribution in [0.1, 0.15) is 27.2 Å². The lowest BCUT2D eigenvalue weighted by molar-refractivity contribution is 0.0688. The number of fused-ring (bicyclic) bond motifs is 1. The molecule has 1 aliphatic heterocycles. The van der Waals surface area contributed by atoms with Gasteiger partial charge in [0.05, 0.1) is 18.8 Å². The summed E-state index contributed by atoms with van der Waals surface area (Å²) in [6, 6.07) is 3.99. The zero-order valence-corrected chi connectivity index (χ0v) is 16.1. The molecule has 1 N–H and O–H groups in total. The Hall–Kier alpha value is -1.28. The van der Waals surface area contributed by atoms with Crippen LogP contribution in [-0.2, 0) is 21.6 Å². The fourth-order valence-corrected chi connectivity index (χ4v) is 5.26. The van der Waals surface area contributed by atoms with Crippen molar-refractivity contribution in [3.05, 3.63) is 40.5 Å². The monoisotopic (exact) mass is 380 g/mol. The number of ether oxygens (including phenoxy) is 2. The van der Waals surface area contributed by atoms with Crippen molar-refractivity contribution in [3.63, 3.8) is 0 Å². The van der Waals surface area contributed by atoms with Crippen molar-refractivity contribution in [3.8, 4) is 5.00 Å². The van der Waals surface area contributed by atoms with E-state index in [4.69, 9.17) is 9.47 Å². The van der Waals surface area contributed by atoms with Gasteiger partial charge < -0.3 is 19.4 Å². The molecule has 0 saturated carbocycles. The highest BCUT2D eigenvalue weighted by molar-refractivity contribution is 7.98. The van der Waals surface area contributed by atoms with E-state index in [0.717, 1.165) is 34.9 Å². The van der Waals surface area contributed by atoms with Crippen molar-refractivity contribution in [1.82, 2.24) is 9.88 Å². The highest BCUT2D eigenvalue weighted by Crippen LogP contribution is 2.38. The zero-order chi connectivity index (χ0) is 17.5. The Morgan fingerprint density at radius 3 is 2.92 bits per heavy atom. The van der Waals surface area contributed by atoms with Crippen molar-refractivity contribution >= 4 is 29.0 Å². The Morgan fingerprint density at radius 1 is 1.28 bits per heavy atom. The molecule has 1 amide bonds. The van der Waals surface area contributed by atoms with Crippen molar-refractivity contribution in [2.75, 3.05) is 39.2 Å². The summed E-state index contributed by atoms with van der Waals surface area (Å²) >= 11 is 3.69. The quantitative estimate of drug-likeness (QED) is 0.679. The number of hydrogen-bond acceptors (Lipinski definition) is 5. The van der Waals surface area contributed by atoms with Crippen molar-refractivity contribution in [2.24, 2.45) is 0 Å². The van der Waals surface area contributed by atoms with E-state index in [1.165, 1.54) is 10.4 Å². The first-order valence-corrected chi connectivity index (χ1v) is 10.5. The molecule has 7 heteroatoms. The number of nitrogens with zero attached hydrogens (tertiary/aromatic N) is 1. The van der Waals surface area contributed by atoms with Gasteiger partial charge in [-0.05, 0) is 36.3 Å². The molecule has 2 aromatic heterocycles. The fraction of sp³-hybridized carbons (Fsp3) is 0.500. The van der Waals surface area contributed by atoms with Crippen LogP contribution >= 0.6 is 23.1 Å². The van der Waals surface area contributed by atoms with Gasteiger partial charge in [0.25, 0.3) is 5.91 Å². The minimum Gasteiger partial charge on any atom is -0.382 e. The smallest absolute Gasteiger partial charge is 0.254 e. The topological polar surface area (TPSA) is 52.5 Å². The van der Waals surface area contributed by atoms with E-state index in [0.29, 0.717) is 26.4 Å². The van der Waals surface area contributed by atoms with Crippen LogP contribution in [-0.4, -0.2) is 49.7 Å². The molecule has 3 heterocycles. The molecular weight excluding hydrogens is 356 g/mol. The summed E-state index contributed by atoms with van der Waals surface area (Å²) < 4.78 is 12.4. The summed E-state index contributed by atoms with van der Waals surface area (Å²) in [6.07, 6.45) is 5.78. The van der Waals surface area contributed by atoms with Crippen LogP contribution in [0.2, 0.25) is 0 Å². The number of amides is 1. The lowest BCUT2D eigenvalue weighted by Crippen LogP contribution is -2.27. The number of methoxy groups -OCH3 is 1. The van der Waals surface area contributed by atoms with E-state index < -0.39 is 0 Å². The molecule has 25 heavy (non-hydrogen) atoms.